The largest absolute Gasteiger partial charge is 0.497 e. The molecule has 1 aromatic carbocycles. The first-order valence-electron chi connectivity index (χ1n) is 8.81. The van der Waals surface area contributed by atoms with Crippen LogP contribution in [0, 0.1) is 13.8 Å². The van der Waals surface area contributed by atoms with Crippen LogP contribution in [0.1, 0.15) is 43.7 Å². The van der Waals surface area contributed by atoms with Crippen molar-refractivity contribution in [3.63, 3.8) is 0 Å². The van der Waals surface area contributed by atoms with Crippen LogP contribution >= 0.6 is 7.26 Å². The van der Waals surface area contributed by atoms with Gasteiger partial charge in [0.2, 0.25) is 0 Å². The molecule has 2 fully saturated rings. The number of methoxy groups -OCH3 is 1. The van der Waals surface area contributed by atoms with Crippen LogP contribution in [0.5, 0.6) is 5.75 Å². The van der Waals surface area contributed by atoms with Crippen LogP contribution < -0.4 is 10.1 Å². The van der Waals surface area contributed by atoms with Gasteiger partial charge in [-0.2, -0.15) is 0 Å². The number of anilines is 1. The standard InChI is InChI=1S/C19H28NO2P.Y/c1-5-23(10-6-7-11-23)19(8-9-19)18(21)20-17-14(2)12-16(22-4)13-15(17)3;/h12-13H,5-11H2,1-4H3;/p+1. The first-order valence-corrected chi connectivity index (χ1v) is 11.2. The van der Waals surface area contributed by atoms with Crippen molar-refractivity contribution >= 4 is 18.9 Å². The minimum atomic E-state index is -1.09. The molecule has 3 nitrogen and oxygen atoms in total. The summed E-state index contributed by atoms with van der Waals surface area (Å²) in [6, 6.07) is 4.00. The Morgan fingerprint density at radius 1 is 1.21 bits per heavy atom. The van der Waals surface area contributed by atoms with E-state index in [1.807, 2.05) is 26.0 Å². The number of carbonyl (C=O) groups is 1. The second-order valence-corrected chi connectivity index (χ2v) is 11.9. The van der Waals surface area contributed by atoms with Crippen molar-refractivity contribution in [2.45, 2.75) is 51.6 Å². The smallest absolute Gasteiger partial charge is 0.268 e. The van der Waals surface area contributed by atoms with Gasteiger partial charge in [-0.25, -0.2) is 0 Å². The summed E-state index contributed by atoms with van der Waals surface area (Å²) in [6.07, 6.45) is 8.77. The van der Waals surface area contributed by atoms with Gasteiger partial charge in [-0.3, -0.25) is 4.79 Å². The van der Waals surface area contributed by atoms with E-state index in [0.717, 1.165) is 35.4 Å². The number of hydrogen-bond donors (Lipinski definition) is 1. The fourth-order valence-electron chi connectivity index (χ4n) is 4.49. The Kier molecular flexibility index (Phi) is 6.55. The summed E-state index contributed by atoms with van der Waals surface area (Å²) >= 11 is 0. The molecular weight excluding hydrogens is 394 g/mol. The molecule has 24 heavy (non-hydrogen) atoms. The molecule has 2 aliphatic rings. The SMILES string of the molecule is CC[P+]1(C2(C(=O)Nc3c(C)cc(OC)cc3C)CC2)CCCC1.[Y]. The van der Waals surface area contributed by atoms with E-state index in [-0.39, 0.29) is 37.9 Å². The predicted molar refractivity (Wildman–Crippen MR) is 99.5 cm³/mol. The number of benzene rings is 1. The third kappa shape index (κ3) is 3.34. The summed E-state index contributed by atoms with van der Waals surface area (Å²) in [7, 11) is 0.587. The van der Waals surface area contributed by atoms with Gasteiger partial charge in [0.25, 0.3) is 5.91 Å². The normalized spacial score (nSPS) is 20.2. The van der Waals surface area contributed by atoms with Gasteiger partial charge in [0.15, 0.2) is 5.16 Å². The van der Waals surface area contributed by atoms with Gasteiger partial charge in [-0.1, -0.05) is 0 Å². The van der Waals surface area contributed by atoms with Crippen molar-refractivity contribution in [2.24, 2.45) is 0 Å². The fourth-order valence-corrected chi connectivity index (χ4v) is 10.0. The summed E-state index contributed by atoms with van der Waals surface area (Å²) < 4.78 is 5.32. The molecule has 1 saturated heterocycles. The maximum absolute atomic E-state index is 13.2. The Bertz CT molecular complexity index is 599. The van der Waals surface area contributed by atoms with Crippen LogP contribution in [0.15, 0.2) is 12.1 Å². The molecule has 0 aromatic heterocycles. The number of hydrogen-bond acceptors (Lipinski definition) is 2. The predicted octanol–water partition coefficient (Wildman–Crippen LogP) is 4.61. The van der Waals surface area contributed by atoms with E-state index in [1.54, 1.807) is 7.11 Å². The minimum Gasteiger partial charge on any atom is -0.497 e. The molecular formula is C19H29NO2PY+. The number of amides is 1. The van der Waals surface area contributed by atoms with Crippen LogP contribution in [0.2, 0.25) is 0 Å². The van der Waals surface area contributed by atoms with Gasteiger partial charge in [0.05, 0.1) is 25.6 Å². The zero-order chi connectivity index (χ0) is 16.7. The van der Waals surface area contributed by atoms with E-state index in [1.165, 1.54) is 31.3 Å². The van der Waals surface area contributed by atoms with Gasteiger partial charge in [0.1, 0.15) is 5.75 Å². The Morgan fingerprint density at radius 3 is 2.17 bits per heavy atom. The quantitative estimate of drug-likeness (QED) is 0.703. The van der Waals surface area contributed by atoms with Crippen LogP contribution in [-0.2, 0) is 37.5 Å². The molecule has 129 valence electrons. The molecule has 1 amide bonds. The maximum Gasteiger partial charge on any atom is 0.268 e. The summed E-state index contributed by atoms with van der Waals surface area (Å²) in [4.78, 5) is 13.2. The topological polar surface area (TPSA) is 38.3 Å². The summed E-state index contributed by atoms with van der Waals surface area (Å²) in [5, 5.41) is 3.30. The zero-order valence-corrected chi connectivity index (χ0v) is 19.2. The fraction of sp³-hybridized carbons (Fsp3) is 0.632. The Labute approximate surface area is 171 Å². The average Bonchev–Trinajstić information content (AvgIpc) is 3.22. The van der Waals surface area contributed by atoms with Crippen molar-refractivity contribution in [3.05, 3.63) is 23.3 Å². The van der Waals surface area contributed by atoms with Crippen LogP contribution in [-0.4, -0.2) is 36.7 Å². The minimum absolute atomic E-state index is 0. The van der Waals surface area contributed by atoms with Gasteiger partial charge in [-0.15, -0.1) is 0 Å². The number of aryl methyl sites for hydroxylation is 2. The van der Waals surface area contributed by atoms with Gasteiger partial charge >= 0.3 is 0 Å². The van der Waals surface area contributed by atoms with Crippen molar-refractivity contribution in [2.75, 3.05) is 30.9 Å². The number of carbonyl (C=O) groups excluding carboxylic acids is 1. The molecule has 1 aliphatic heterocycles. The molecule has 0 atom stereocenters. The van der Waals surface area contributed by atoms with Crippen LogP contribution in [0.3, 0.4) is 0 Å². The molecule has 1 N–H and O–H groups in total. The molecule has 5 heteroatoms. The van der Waals surface area contributed by atoms with E-state index in [4.69, 9.17) is 4.74 Å². The molecule has 1 heterocycles. The summed E-state index contributed by atoms with van der Waals surface area (Å²) in [5.74, 6) is 1.15. The van der Waals surface area contributed by atoms with E-state index in [2.05, 4.69) is 12.2 Å². The average molecular weight is 423 g/mol. The van der Waals surface area contributed by atoms with Crippen molar-refractivity contribution < 1.29 is 42.2 Å². The van der Waals surface area contributed by atoms with E-state index >= 15 is 0 Å². The molecule has 1 radical (unpaired) electrons. The molecule has 0 spiro atoms. The summed E-state index contributed by atoms with van der Waals surface area (Å²) in [5.41, 5.74) is 3.15. The Morgan fingerprint density at radius 2 is 1.75 bits per heavy atom. The zero-order valence-electron chi connectivity index (χ0n) is 15.4. The molecule has 0 unspecified atom stereocenters. The Balaban J connectivity index is 0.00000208. The molecule has 3 rings (SSSR count). The summed E-state index contributed by atoms with van der Waals surface area (Å²) in [6.45, 7) is 6.41. The molecule has 0 bridgehead atoms. The maximum atomic E-state index is 13.2. The van der Waals surface area contributed by atoms with E-state index < -0.39 is 7.26 Å². The first-order chi connectivity index (χ1) is 11.0. The van der Waals surface area contributed by atoms with Crippen molar-refractivity contribution in [1.82, 2.24) is 0 Å². The van der Waals surface area contributed by atoms with Crippen molar-refractivity contribution in [3.8, 4) is 5.75 Å². The number of rotatable bonds is 5. The Hall–Kier alpha value is 0.0239. The third-order valence-corrected chi connectivity index (χ3v) is 12.1. The third-order valence-electron chi connectivity index (χ3n) is 6.06. The van der Waals surface area contributed by atoms with Crippen LogP contribution in [0.4, 0.5) is 5.69 Å². The number of nitrogens with one attached hydrogen (secondary N) is 1. The van der Waals surface area contributed by atoms with Gasteiger partial charge < -0.3 is 10.1 Å². The monoisotopic (exact) mass is 423 g/mol. The second-order valence-electron chi connectivity index (χ2n) is 7.24. The molecule has 1 aromatic rings. The first kappa shape index (κ1) is 20.3. The van der Waals surface area contributed by atoms with Crippen molar-refractivity contribution in [1.29, 1.82) is 0 Å². The van der Waals surface area contributed by atoms with Gasteiger partial charge in [-0.05, 0) is 56.9 Å². The van der Waals surface area contributed by atoms with Gasteiger partial charge in [0, 0.05) is 58.5 Å². The van der Waals surface area contributed by atoms with E-state index in [9.17, 15) is 4.79 Å². The van der Waals surface area contributed by atoms with E-state index in [0.29, 0.717) is 5.91 Å². The second kappa shape index (κ2) is 7.72. The van der Waals surface area contributed by atoms with Crippen LogP contribution in [0.25, 0.3) is 0 Å². The molecule has 1 saturated carbocycles. The molecule has 1 aliphatic carbocycles. The number of ether oxygens (including phenoxy) is 1.